The van der Waals surface area contributed by atoms with Gasteiger partial charge in [0.15, 0.2) is 0 Å². The molecule has 3 rings (SSSR count). The van der Waals surface area contributed by atoms with Crippen LogP contribution in [0, 0.1) is 12.3 Å². The maximum absolute atomic E-state index is 5.36. The number of aromatic nitrogens is 2. The molecule has 68 valence electrons. The molecule has 0 radical (unpaired) electrons. The summed E-state index contributed by atoms with van der Waals surface area (Å²) in [5.41, 5.74) is 3.18. The zero-order valence-electron chi connectivity index (χ0n) is 7.77. The Labute approximate surface area is 82.6 Å². The molecule has 1 aliphatic rings. The molecule has 0 aromatic carbocycles. The number of hydrogen-bond acceptors (Lipinski definition) is 1. The Hall–Kier alpha value is -1.75. The molecule has 0 saturated heterocycles. The SMILES string of the molecule is C#Cc1cnc2cc(C3CC3)ccn12. The Morgan fingerprint density at radius 1 is 1.50 bits per heavy atom. The highest BCUT2D eigenvalue weighted by Gasteiger charge is 2.23. The third-order valence-electron chi connectivity index (χ3n) is 2.73. The molecule has 0 spiro atoms. The zero-order valence-corrected chi connectivity index (χ0v) is 7.77. The van der Waals surface area contributed by atoms with E-state index in [2.05, 4.69) is 23.0 Å². The van der Waals surface area contributed by atoms with E-state index in [9.17, 15) is 0 Å². The average Bonchev–Trinajstić information content (AvgIpc) is 2.98. The first-order valence-electron chi connectivity index (χ1n) is 4.82. The van der Waals surface area contributed by atoms with Crippen molar-refractivity contribution in [1.82, 2.24) is 9.38 Å². The van der Waals surface area contributed by atoms with E-state index in [1.807, 2.05) is 10.6 Å². The van der Waals surface area contributed by atoms with Crippen molar-refractivity contribution in [1.29, 1.82) is 0 Å². The second-order valence-electron chi connectivity index (χ2n) is 3.75. The molecule has 0 bridgehead atoms. The molecular weight excluding hydrogens is 172 g/mol. The van der Waals surface area contributed by atoms with Gasteiger partial charge < -0.3 is 0 Å². The number of fused-ring (bicyclic) bond motifs is 1. The second-order valence-corrected chi connectivity index (χ2v) is 3.75. The van der Waals surface area contributed by atoms with Crippen LogP contribution < -0.4 is 0 Å². The van der Waals surface area contributed by atoms with Crippen LogP contribution in [0.2, 0.25) is 0 Å². The second kappa shape index (κ2) is 2.62. The average molecular weight is 182 g/mol. The van der Waals surface area contributed by atoms with Crippen LogP contribution in [0.3, 0.4) is 0 Å². The monoisotopic (exact) mass is 182 g/mol. The molecule has 1 fully saturated rings. The van der Waals surface area contributed by atoms with E-state index >= 15 is 0 Å². The summed E-state index contributed by atoms with van der Waals surface area (Å²) in [4.78, 5) is 4.28. The van der Waals surface area contributed by atoms with Gasteiger partial charge in [0.05, 0.1) is 6.20 Å². The van der Waals surface area contributed by atoms with Crippen LogP contribution in [0.25, 0.3) is 5.65 Å². The van der Waals surface area contributed by atoms with Crippen molar-refractivity contribution >= 4 is 5.65 Å². The van der Waals surface area contributed by atoms with Gasteiger partial charge in [0.25, 0.3) is 0 Å². The fraction of sp³-hybridized carbons (Fsp3) is 0.250. The van der Waals surface area contributed by atoms with E-state index < -0.39 is 0 Å². The van der Waals surface area contributed by atoms with Crippen molar-refractivity contribution in [3.63, 3.8) is 0 Å². The predicted molar refractivity (Wildman–Crippen MR) is 55.1 cm³/mol. The van der Waals surface area contributed by atoms with Gasteiger partial charge in [0.2, 0.25) is 0 Å². The minimum Gasteiger partial charge on any atom is -0.293 e. The molecule has 2 aromatic heterocycles. The highest BCUT2D eigenvalue weighted by molar-refractivity contribution is 5.47. The number of imidazole rings is 1. The maximum atomic E-state index is 5.36. The summed E-state index contributed by atoms with van der Waals surface area (Å²) in [7, 11) is 0. The first-order chi connectivity index (χ1) is 6.88. The van der Waals surface area contributed by atoms with Gasteiger partial charge in [-0.3, -0.25) is 4.40 Å². The first-order valence-corrected chi connectivity index (χ1v) is 4.82. The fourth-order valence-electron chi connectivity index (χ4n) is 1.77. The van der Waals surface area contributed by atoms with Crippen LogP contribution >= 0.6 is 0 Å². The van der Waals surface area contributed by atoms with Gasteiger partial charge >= 0.3 is 0 Å². The van der Waals surface area contributed by atoms with Crippen LogP contribution in [-0.2, 0) is 0 Å². The van der Waals surface area contributed by atoms with Crippen molar-refractivity contribution in [3.8, 4) is 12.3 Å². The molecule has 2 aromatic rings. The van der Waals surface area contributed by atoms with Crippen molar-refractivity contribution in [2.45, 2.75) is 18.8 Å². The topological polar surface area (TPSA) is 17.3 Å². The molecule has 1 saturated carbocycles. The Balaban J connectivity index is 2.21. The Morgan fingerprint density at radius 3 is 3.07 bits per heavy atom. The lowest BCUT2D eigenvalue weighted by Crippen LogP contribution is -1.89. The molecule has 14 heavy (non-hydrogen) atoms. The molecule has 0 N–H and O–H groups in total. The molecule has 0 unspecified atom stereocenters. The van der Waals surface area contributed by atoms with Gasteiger partial charge in [-0.05, 0) is 36.5 Å². The van der Waals surface area contributed by atoms with Crippen molar-refractivity contribution < 1.29 is 0 Å². The molecule has 0 aliphatic heterocycles. The minimum atomic E-state index is 0.769. The number of rotatable bonds is 1. The fourth-order valence-corrected chi connectivity index (χ4v) is 1.77. The van der Waals surface area contributed by atoms with Crippen LogP contribution in [0.1, 0.15) is 30.0 Å². The number of pyridine rings is 1. The zero-order chi connectivity index (χ0) is 9.54. The Bertz CT molecular complexity index is 527. The quantitative estimate of drug-likeness (QED) is 0.618. The largest absolute Gasteiger partial charge is 0.293 e. The number of nitrogens with zero attached hydrogens (tertiary/aromatic N) is 2. The molecule has 0 amide bonds. The molecular formula is C12H10N2. The van der Waals surface area contributed by atoms with Crippen LogP contribution in [-0.4, -0.2) is 9.38 Å². The Morgan fingerprint density at radius 2 is 2.36 bits per heavy atom. The van der Waals surface area contributed by atoms with Gasteiger partial charge in [-0.1, -0.05) is 5.92 Å². The van der Waals surface area contributed by atoms with E-state index in [1.165, 1.54) is 18.4 Å². The van der Waals surface area contributed by atoms with Crippen molar-refractivity contribution in [2.24, 2.45) is 0 Å². The molecule has 2 heteroatoms. The highest BCUT2D eigenvalue weighted by atomic mass is 15.0. The predicted octanol–water partition coefficient (Wildman–Crippen LogP) is 2.19. The van der Waals surface area contributed by atoms with E-state index in [4.69, 9.17) is 6.42 Å². The first kappa shape index (κ1) is 7.64. The number of hydrogen-bond donors (Lipinski definition) is 0. The lowest BCUT2D eigenvalue weighted by Gasteiger charge is -1.99. The highest BCUT2D eigenvalue weighted by Crippen LogP contribution is 2.40. The summed E-state index contributed by atoms with van der Waals surface area (Å²) in [5.74, 6) is 3.38. The number of terminal acetylenes is 1. The van der Waals surface area contributed by atoms with Crippen LogP contribution in [0.5, 0.6) is 0 Å². The van der Waals surface area contributed by atoms with E-state index in [0.717, 1.165) is 17.3 Å². The minimum absolute atomic E-state index is 0.769. The van der Waals surface area contributed by atoms with Gasteiger partial charge in [-0.25, -0.2) is 4.98 Å². The lowest BCUT2D eigenvalue weighted by atomic mass is 10.2. The summed E-state index contributed by atoms with van der Waals surface area (Å²) in [6.07, 6.45) is 11.8. The Kier molecular flexibility index (Phi) is 1.43. The van der Waals surface area contributed by atoms with E-state index in [-0.39, 0.29) is 0 Å². The summed E-state index contributed by atoms with van der Waals surface area (Å²) >= 11 is 0. The third-order valence-corrected chi connectivity index (χ3v) is 2.73. The normalized spacial score (nSPS) is 15.6. The van der Waals surface area contributed by atoms with Crippen LogP contribution in [0.15, 0.2) is 24.5 Å². The summed E-state index contributed by atoms with van der Waals surface area (Å²) in [5, 5.41) is 0. The van der Waals surface area contributed by atoms with Gasteiger partial charge in [-0.15, -0.1) is 6.42 Å². The van der Waals surface area contributed by atoms with Gasteiger partial charge in [0.1, 0.15) is 11.3 Å². The van der Waals surface area contributed by atoms with Crippen LogP contribution in [0.4, 0.5) is 0 Å². The lowest BCUT2D eigenvalue weighted by molar-refractivity contribution is 1.08. The third kappa shape index (κ3) is 1.03. The summed E-state index contributed by atoms with van der Waals surface area (Å²) in [6, 6.07) is 4.28. The molecule has 0 atom stereocenters. The summed E-state index contributed by atoms with van der Waals surface area (Å²) in [6.45, 7) is 0. The maximum Gasteiger partial charge on any atom is 0.137 e. The smallest absolute Gasteiger partial charge is 0.137 e. The molecule has 1 aliphatic carbocycles. The van der Waals surface area contributed by atoms with Gasteiger partial charge in [-0.2, -0.15) is 0 Å². The molecule has 2 heterocycles. The van der Waals surface area contributed by atoms with E-state index in [0.29, 0.717) is 0 Å². The standard InChI is InChI=1S/C12H10N2/c1-2-11-8-13-12-7-10(9-3-4-9)5-6-14(11)12/h1,5-9H,3-4H2. The van der Waals surface area contributed by atoms with E-state index in [1.54, 1.807) is 6.20 Å². The molecule has 2 nitrogen and oxygen atoms in total. The van der Waals surface area contributed by atoms with Crippen molar-refractivity contribution in [3.05, 3.63) is 35.8 Å². The summed E-state index contributed by atoms with van der Waals surface area (Å²) < 4.78 is 1.95. The van der Waals surface area contributed by atoms with Gasteiger partial charge in [0, 0.05) is 6.20 Å². The van der Waals surface area contributed by atoms with Crippen molar-refractivity contribution in [2.75, 3.05) is 0 Å².